The molecule has 2 aromatic rings. The number of ketones is 1. The number of benzene rings is 1. The van der Waals surface area contributed by atoms with Gasteiger partial charge in [-0.3, -0.25) is 19.2 Å². The van der Waals surface area contributed by atoms with Crippen molar-refractivity contribution in [2.75, 3.05) is 6.54 Å². The molecule has 0 spiro atoms. The van der Waals surface area contributed by atoms with Crippen LogP contribution in [0.2, 0.25) is 0 Å². The van der Waals surface area contributed by atoms with Gasteiger partial charge >= 0.3 is 0 Å². The number of nitrogens with one attached hydrogen (secondary N) is 3. The van der Waals surface area contributed by atoms with Crippen molar-refractivity contribution in [1.82, 2.24) is 20.5 Å². The number of fused-ring (bicyclic) bond motifs is 2. The van der Waals surface area contributed by atoms with Gasteiger partial charge in [0.2, 0.25) is 11.8 Å². The third-order valence-corrected chi connectivity index (χ3v) is 8.17. The molecule has 35 heavy (non-hydrogen) atoms. The van der Waals surface area contributed by atoms with Gasteiger partial charge in [-0.15, -0.1) is 0 Å². The molecule has 1 aromatic heterocycles. The van der Waals surface area contributed by atoms with Crippen LogP contribution in [0.5, 0.6) is 0 Å². The molecule has 5 rings (SSSR count). The monoisotopic (exact) mass is 476 g/mol. The van der Waals surface area contributed by atoms with Crippen LogP contribution in [-0.4, -0.2) is 58.1 Å². The Balaban J connectivity index is 1.35. The second kappa shape index (κ2) is 8.36. The van der Waals surface area contributed by atoms with Gasteiger partial charge in [0.1, 0.15) is 17.8 Å². The summed E-state index contributed by atoms with van der Waals surface area (Å²) in [7, 11) is 0. The Morgan fingerprint density at radius 1 is 1.17 bits per heavy atom. The van der Waals surface area contributed by atoms with Crippen molar-refractivity contribution >= 4 is 34.4 Å². The van der Waals surface area contributed by atoms with Gasteiger partial charge in [0, 0.05) is 17.4 Å². The fourth-order valence-corrected chi connectivity index (χ4v) is 5.76. The van der Waals surface area contributed by atoms with Crippen LogP contribution in [0.25, 0.3) is 10.9 Å². The number of H-pyrrole nitrogens is 1. The van der Waals surface area contributed by atoms with Gasteiger partial charge in [-0.05, 0) is 61.1 Å². The number of piperidine rings is 1. The molecule has 0 bridgehead atoms. The second-order valence-electron chi connectivity index (χ2n) is 10.8. The van der Waals surface area contributed by atoms with E-state index in [-0.39, 0.29) is 46.7 Å². The lowest BCUT2D eigenvalue weighted by Crippen LogP contribution is -2.57. The number of carbonyl (C=O) groups excluding carboxylic acids is 4. The fraction of sp³-hybridized carbons (Fsp3) is 0.481. The van der Waals surface area contributed by atoms with Gasteiger partial charge in [-0.1, -0.05) is 38.6 Å². The Labute approximate surface area is 204 Å². The molecule has 2 aliphatic carbocycles. The number of para-hydroxylation sites is 1. The van der Waals surface area contributed by atoms with E-state index in [9.17, 15) is 19.2 Å². The summed E-state index contributed by atoms with van der Waals surface area (Å²) in [5.74, 6) is -0.840. The molecule has 5 atom stereocenters. The van der Waals surface area contributed by atoms with E-state index in [0.29, 0.717) is 12.2 Å². The minimum atomic E-state index is -0.709. The molecule has 0 radical (unpaired) electrons. The molecule has 1 saturated heterocycles. The highest BCUT2D eigenvalue weighted by atomic mass is 16.2. The van der Waals surface area contributed by atoms with Crippen LogP contribution in [0.15, 0.2) is 43.0 Å². The predicted molar refractivity (Wildman–Crippen MR) is 131 cm³/mol. The largest absolute Gasteiger partial charge is 0.351 e. The maximum atomic E-state index is 13.8. The van der Waals surface area contributed by atoms with E-state index in [1.165, 1.54) is 6.08 Å². The minimum Gasteiger partial charge on any atom is -0.351 e. The molecular weight excluding hydrogens is 444 g/mol. The predicted octanol–water partition coefficient (Wildman–Crippen LogP) is 2.42. The molecule has 3 aliphatic rings. The summed E-state index contributed by atoms with van der Waals surface area (Å²) in [6, 6.07) is 7.35. The van der Waals surface area contributed by atoms with Crippen LogP contribution in [0.3, 0.4) is 0 Å². The topological polar surface area (TPSA) is 111 Å². The van der Waals surface area contributed by atoms with Gasteiger partial charge in [0.05, 0.1) is 6.04 Å². The highest BCUT2D eigenvalue weighted by Crippen LogP contribution is 2.65. The molecular formula is C27H32N4O4. The summed E-state index contributed by atoms with van der Waals surface area (Å²) in [5, 5.41) is 6.65. The van der Waals surface area contributed by atoms with Crippen molar-refractivity contribution in [3.8, 4) is 0 Å². The Hall–Kier alpha value is -3.42. The lowest BCUT2D eigenvalue weighted by molar-refractivity contribution is -0.142. The Morgan fingerprint density at radius 2 is 1.89 bits per heavy atom. The molecule has 3 N–H and O–H groups in total. The lowest BCUT2D eigenvalue weighted by atomic mass is 9.98. The number of carbonyl (C=O) groups is 4. The molecule has 1 aromatic carbocycles. The number of likely N-dealkylation sites (tertiary alicyclic amines) is 1. The van der Waals surface area contributed by atoms with Gasteiger partial charge in [0.15, 0.2) is 5.78 Å². The molecule has 1 aliphatic heterocycles. The van der Waals surface area contributed by atoms with Crippen molar-refractivity contribution in [1.29, 1.82) is 0 Å². The van der Waals surface area contributed by atoms with Gasteiger partial charge < -0.3 is 20.5 Å². The maximum absolute atomic E-state index is 13.8. The van der Waals surface area contributed by atoms with Gasteiger partial charge in [0.25, 0.3) is 5.91 Å². The normalized spacial score (nSPS) is 25.9. The summed E-state index contributed by atoms with van der Waals surface area (Å²) < 4.78 is 0. The third kappa shape index (κ3) is 4.05. The van der Waals surface area contributed by atoms with Crippen molar-refractivity contribution < 1.29 is 19.2 Å². The number of hydrogen-bond donors (Lipinski definition) is 3. The molecule has 0 unspecified atom stereocenters. The SMILES string of the molecule is C=CC(=O)[C@H](C)NC(=O)[C@@H]1[C@@H]2[C@H](CN1C(=O)[C@@H](NC(=O)c1cc3ccccc3[nH]1)C1CC1)C2(C)C. The minimum absolute atomic E-state index is 0.0294. The van der Waals surface area contributed by atoms with E-state index in [2.05, 4.69) is 36.0 Å². The van der Waals surface area contributed by atoms with Crippen LogP contribution in [0.1, 0.15) is 44.1 Å². The van der Waals surface area contributed by atoms with E-state index >= 15 is 0 Å². The average Bonchev–Trinajstić information content (AvgIpc) is 3.61. The molecule has 3 fully saturated rings. The van der Waals surface area contributed by atoms with E-state index in [1.54, 1.807) is 17.9 Å². The van der Waals surface area contributed by atoms with Crippen LogP contribution >= 0.6 is 0 Å². The number of hydrogen-bond acceptors (Lipinski definition) is 4. The zero-order chi connectivity index (χ0) is 25.1. The maximum Gasteiger partial charge on any atom is 0.268 e. The standard InChI is InChI=1S/C27H32N4O4/c1-5-20(32)14(2)28-25(34)23-21-17(27(21,3)4)13-31(23)26(35)22(15-10-11-15)30-24(33)19-12-16-8-6-7-9-18(16)29-19/h5-9,12,14-15,17,21-23,29H,1,10-11,13H2,2-4H3,(H,28,34)(H,30,33)/t14-,17-,21-,22-,23-/m0/s1. The van der Waals surface area contributed by atoms with Crippen LogP contribution in [-0.2, 0) is 14.4 Å². The number of rotatable bonds is 8. The third-order valence-electron chi connectivity index (χ3n) is 8.17. The number of aromatic nitrogens is 1. The first-order valence-corrected chi connectivity index (χ1v) is 12.3. The zero-order valence-electron chi connectivity index (χ0n) is 20.3. The number of nitrogens with zero attached hydrogens (tertiary/aromatic N) is 1. The highest BCUT2D eigenvalue weighted by Gasteiger charge is 2.69. The number of aromatic amines is 1. The Morgan fingerprint density at radius 3 is 2.54 bits per heavy atom. The molecule has 8 heteroatoms. The quantitative estimate of drug-likeness (QED) is 0.508. The summed E-state index contributed by atoms with van der Waals surface area (Å²) in [6.07, 6.45) is 2.91. The summed E-state index contributed by atoms with van der Waals surface area (Å²) in [5.41, 5.74) is 1.21. The first kappa shape index (κ1) is 23.3. The van der Waals surface area contributed by atoms with Crippen LogP contribution in [0, 0.1) is 23.2 Å². The molecule has 8 nitrogen and oxygen atoms in total. The second-order valence-corrected chi connectivity index (χ2v) is 10.8. The Kier molecular flexibility index (Phi) is 5.57. The fourth-order valence-electron chi connectivity index (χ4n) is 5.76. The van der Waals surface area contributed by atoms with Crippen molar-refractivity contribution in [3.05, 3.63) is 48.7 Å². The highest BCUT2D eigenvalue weighted by molar-refractivity contribution is 6.02. The van der Waals surface area contributed by atoms with E-state index < -0.39 is 18.1 Å². The molecule has 184 valence electrons. The average molecular weight is 477 g/mol. The number of amides is 3. The van der Waals surface area contributed by atoms with Crippen molar-refractivity contribution in [3.63, 3.8) is 0 Å². The van der Waals surface area contributed by atoms with E-state index in [0.717, 1.165) is 23.7 Å². The van der Waals surface area contributed by atoms with Crippen LogP contribution in [0.4, 0.5) is 0 Å². The zero-order valence-corrected chi connectivity index (χ0v) is 20.3. The summed E-state index contributed by atoms with van der Waals surface area (Å²) in [6.45, 7) is 9.80. The smallest absolute Gasteiger partial charge is 0.268 e. The molecule has 3 amide bonds. The van der Waals surface area contributed by atoms with Crippen molar-refractivity contribution in [2.45, 2.75) is 51.7 Å². The lowest BCUT2D eigenvalue weighted by Gasteiger charge is -2.33. The first-order valence-electron chi connectivity index (χ1n) is 12.3. The van der Waals surface area contributed by atoms with Crippen LogP contribution < -0.4 is 10.6 Å². The van der Waals surface area contributed by atoms with Crippen molar-refractivity contribution in [2.24, 2.45) is 23.2 Å². The van der Waals surface area contributed by atoms with E-state index in [4.69, 9.17) is 0 Å². The van der Waals surface area contributed by atoms with Gasteiger partial charge in [-0.2, -0.15) is 0 Å². The molecule has 2 saturated carbocycles. The van der Waals surface area contributed by atoms with Gasteiger partial charge in [-0.25, -0.2) is 0 Å². The summed E-state index contributed by atoms with van der Waals surface area (Å²) in [4.78, 5) is 56.8. The first-order chi connectivity index (χ1) is 16.6. The summed E-state index contributed by atoms with van der Waals surface area (Å²) >= 11 is 0. The molecule has 2 heterocycles. The Bertz CT molecular complexity index is 1190. The van der Waals surface area contributed by atoms with E-state index in [1.807, 2.05) is 24.3 Å².